The number of hydrogen-bond donors (Lipinski definition) is 2. The predicted molar refractivity (Wildman–Crippen MR) is 144 cm³/mol. The first kappa shape index (κ1) is 25.6. The fourth-order valence-electron chi connectivity index (χ4n) is 5.81. The third-order valence-electron chi connectivity index (χ3n) is 7.89. The summed E-state index contributed by atoms with van der Waals surface area (Å²) < 4.78 is 18.5. The van der Waals surface area contributed by atoms with Crippen LogP contribution < -0.4 is 9.47 Å². The first-order chi connectivity index (χ1) is 18.0. The average Bonchev–Trinajstić information content (AvgIpc) is 3.40. The molecule has 3 aromatic rings. The summed E-state index contributed by atoms with van der Waals surface area (Å²) in [5.41, 5.74) is 4.80. The zero-order valence-electron chi connectivity index (χ0n) is 21.9. The molecule has 2 atom stereocenters. The van der Waals surface area contributed by atoms with E-state index in [9.17, 15) is 9.90 Å². The molecule has 1 saturated heterocycles. The second-order valence-electron chi connectivity index (χ2n) is 10.3. The number of hydrogen-bond acceptors (Lipinski definition) is 5. The maximum absolute atomic E-state index is 11.8. The first-order valence-corrected chi connectivity index (χ1v) is 13.5. The molecule has 0 bridgehead atoms. The van der Waals surface area contributed by atoms with Crippen molar-refractivity contribution in [3.8, 4) is 11.5 Å². The van der Waals surface area contributed by atoms with E-state index in [0.717, 1.165) is 81.5 Å². The predicted octanol–water partition coefficient (Wildman–Crippen LogP) is 6.25. The molecular weight excluding hydrogens is 468 g/mol. The molecule has 0 unspecified atom stereocenters. The van der Waals surface area contributed by atoms with Gasteiger partial charge in [-0.05, 0) is 62.4 Å². The van der Waals surface area contributed by atoms with E-state index in [0.29, 0.717) is 12.4 Å². The van der Waals surface area contributed by atoms with Crippen molar-refractivity contribution in [1.29, 1.82) is 0 Å². The number of aromatic carboxylic acids is 1. The summed E-state index contributed by atoms with van der Waals surface area (Å²) in [6.45, 7) is 5.02. The molecule has 0 amide bonds. The highest BCUT2D eigenvalue weighted by molar-refractivity contribution is 5.89. The van der Waals surface area contributed by atoms with Gasteiger partial charge in [0.25, 0.3) is 0 Å². The molecule has 2 aliphatic heterocycles. The number of fused-ring (bicyclic) bond motifs is 6. The van der Waals surface area contributed by atoms with E-state index in [1.807, 2.05) is 12.3 Å². The second-order valence-corrected chi connectivity index (χ2v) is 10.3. The summed E-state index contributed by atoms with van der Waals surface area (Å²) in [7, 11) is 1.77. The van der Waals surface area contributed by atoms with E-state index in [4.69, 9.17) is 14.2 Å². The number of carboxylic acid groups (broad SMARTS) is 1. The monoisotopic (exact) mass is 506 g/mol. The van der Waals surface area contributed by atoms with Crippen LogP contribution in [-0.2, 0) is 11.3 Å². The number of carbonyl (C=O) groups is 1. The fraction of sp³-hybridized carbons (Fsp3) is 0.500. The molecule has 1 fully saturated rings. The number of aromatic nitrogens is 1. The van der Waals surface area contributed by atoms with Crippen LogP contribution in [0.2, 0.25) is 0 Å². The number of ether oxygens (including phenoxy) is 3. The van der Waals surface area contributed by atoms with Crippen molar-refractivity contribution >= 4 is 16.9 Å². The molecule has 2 aliphatic rings. The summed E-state index contributed by atoms with van der Waals surface area (Å²) in [6, 6.07) is 9.69. The SMILES string of the molecule is CO[C@H]1CCN2Cc3c(cc(C)c4[nH]ccc34)OCCCCCCCOc3cc(C(=O)O)ccc3[C@@H]2C1. The molecule has 0 spiro atoms. The molecule has 198 valence electrons. The van der Waals surface area contributed by atoms with Crippen LogP contribution in [0.1, 0.15) is 78.0 Å². The van der Waals surface area contributed by atoms with Gasteiger partial charge in [0.1, 0.15) is 11.5 Å². The largest absolute Gasteiger partial charge is 0.493 e. The van der Waals surface area contributed by atoms with Crippen LogP contribution in [0.4, 0.5) is 0 Å². The molecule has 7 heteroatoms. The minimum atomic E-state index is -0.940. The van der Waals surface area contributed by atoms with Crippen molar-refractivity contribution in [1.82, 2.24) is 9.88 Å². The van der Waals surface area contributed by atoms with E-state index < -0.39 is 5.97 Å². The van der Waals surface area contributed by atoms with Gasteiger partial charge in [0, 0.05) is 54.5 Å². The van der Waals surface area contributed by atoms with Gasteiger partial charge in [0.2, 0.25) is 0 Å². The van der Waals surface area contributed by atoms with Crippen LogP contribution in [0.5, 0.6) is 11.5 Å². The highest BCUT2D eigenvalue weighted by Crippen LogP contribution is 2.41. The van der Waals surface area contributed by atoms with Crippen molar-refractivity contribution in [2.75, 3.05) is 26.9 Å². The molecule has 5 rings (SSSR count). The van der Waals surface area contributed by atoms with Gasteiger partial charge in [-0.1, -0.05) is 25.3 Å². The van der Waals surface area contributed by atoms with Gasteiger partial charge in [-0.2, -0.15) is 0 Å². The number of nitrogens with zero attached hydrogens (tertiary/aromatic N) is 1. The number of rotatable bonds is 2. The Bertz CT molecular complexity index is 1240. The fourth-order valence-corrected chi connectivity index (χ4v) is 5.81. The summed E-state index contributed by atoms with van der Waals surface area (Å²) >= 11 is 0. The standard InChI is InChI=1S/C30H38N2O5/c1-20-16-27-25(23-10-12-31-29(20)23)19-32-13-11-22(35-2)18-26(32)24-9-8-21(30(33)34)17-28(24)37-15-7-5-3-4-6-14-36-27/h8-10,12,16-17,22,26,31H,3-7,11,13-15,18-19H2,1-2H3,(H,33,34)/t22-,26-/m0/s1. The summed E-state index contributed by atoms with van der Waals surface area (Å²) in [5.74, 6) is 0.693. The lowest BCUT2D eigenvalue weighted by atomic mass is 9.91. The molecule has 2 N–H and O–H groups in total. The van der Waals surface area contributed by atoms with Crippen LogP contribution in [0.25, 0.3) is 10.9 Å². The van der Waals surface area contributed by atoms with Gasteiger partial charge in [-0.25, -0.2) is 4.79 Å². The number of H-pyrrole nitrogens is 1. The molecule has 3 heterocycles. The number of aryl methyl sites for hydroxylation is 1. The lowest BCUT2D eigenvalue weighted by Gasteiger charge is -2.40. The Hall–Kier alpha value is -3.03. The Morgan fingerprint density at radius 2 is 1.81 bits per heavy atom. The molecular formula is C30H38N2O5. The Kier molecular flexibility index (Phi) is 8.01. The topological polar surface area (TPSA) is 84.0 Å². The molecule has 37 heavy (non-hydrogen) atoms. The Labute approximate surface area is 218 Å². The van der Waals surface area contributed by atoms with Crippen molar-refractivity contribution in [2.24, 2.45) is 0 Å². The first-order valence-electron chi connectivity index (χ1n) is 13.5. The van der Waals surface area contributed by atoms with Crippen molar-refractivity contribution in [3.63, 3.8) is 0 Å². The minimum Gasteiger partial charge on any atom is -0.493 e. The van der Waals surface area contributed by atoms with Crippen molar-refractivity contribution < 1.29 is 24.1 Å². The summed E-state index contributed by atoms with van der Waals surface area (Å²) in [6.07, 6.45) is 9.19. The van der Waals surface area contributed by atoms with E-state index in [1.165, 1.54) is 16.5 Å². The average molecular weight is 507 g/mol. The molecule has 0 radical (unpaired) electrons. The Balaban J connectivity index is 1.58. The highest BCUT2D eigenvalue weighted by atomic mass is 16.5. The third-order valence-corrected chi connectivity index (χ3v) is 7.89. The number of carboxylic acids is 1. The smallest absolute Gasteiger partial charge is 0.335 e. The van der Waals surface area contributed by atoms with Gasteiger partial charge in [-0.3, -0.25) is 4.90 Å². The zero-order valence-corrected chi connectivity index (χ0v) is 21.9. The van der Waals surface area contributed by atoms with Gasteiger partial charge < -0.3 is 24.3 Å². The summed E-state index contributed by atoms with van der Waals surface area (Å²) in [5, 5.41) is 10.8. The number of aromatic amines is 1. The van der Waals surface area contributed by atoms with Gasteiger partial charge in [0.05, 0.1) is 24.9 Å². The molecule has 0 saturated carbocycles. The quantitative estimate of drug-likeness (QED) is 0.428. The third kappa shape index (κ3) is 5.63. The van der Waals surface area contributed by atoms with E-state index >= 15 is 0 Å². The van der Waals surface area contributed by atoms with Gasteiger partial charge >= 0.3 is 5.97 Å². The maximum atomic E-state index is 11.8. The zero-order chi connectivity index (χ0) is 25.8. The van der Waals surface area contributed by atoms with E-state index in [1.54, 1.807) is 19.2 Å². The van der Waals surface area contributed by atoms with Crippen LogP contribution in [0, 0.1) is 6.92 Å². The second kappa shape index (κ2) is 11.6. The molecule has 7 nitrogen and oxygen atoms in total. The maximum Gasteiger partial charge on any atom is 0.335 e. The normalized spacial score (nSPS) is 21.8. The number of piperidine rings is 1. The molecule has 1 aromatic heterocycles. The van der Waals surface area contributed by atoms with Gasteiger partial charge in [-0.15, -0.1) is 0 Å². The van der Waals surface area contributed by atoms with E-state index in [-0.39, 0.29) is 17.7 Å². The lowest BCUT2D eigenvalue weighted by molar-refractivity contribution is 0.00592. The number of nitrogens with one attached hydrogen (secondary N) is 1. The van der Waals surface area contributed by atoms with Crippen molar-refractivity contribution in [3.05, 3.63) is 58.8 Å². The van der Waals surface area contributed by atoms with Gasteiger partial charge in [0.15, 0.2) is 0 Å². The number of benzene rings is 2. The molecule has 2 aromatic carbocycles. The van der Waals surface area contributed by atoms with E-state index in [2.05, 4.69) is 28.9 Å². The van der Waals surface area contributed by atoms with Crippen LogP contribution in [-0.4, -0.2) is 53.9 Å². The highest BCUT2D eigenvalue weighted by Gasteiger charge is 2.33. The Morgan fingerprint density at radius 3 is 2.57 bits per heavy atom. The molecule has 0 aliphatic carbocycles. The lowest BCUT2D eigenvalue weighted by Crippen LogP contribution is -2.39. The minimum absolute atomic E-state index is 0.0348. The Morgan fingerprint density at radius 1 is 1.05 bits per heavy atom. The number of methoxy groups -OCH3 is 1. The van der Waals surface area contributed by atoms with Crippen molar-refractivity contribution in [2.45, 2.75) is 70.6 Å². The summed E-state index contributed by atoms with van der Waals surface area (Å²) in [4.78, 5) is 17.6. The van der Waals surface area contributed by atoms with Crippen LogP contribution in [0.15, 0.2) is 36.5 Å². The van der Waals surface area contributed by atoms with Crippen LogP contribution in [0.3, 0.4) is 0 Å². The van der Waals surface area contributed by atoms with Crippen LogP contribution >= 0.6 is 0 Å².